The van der Waals surface area contributed by atoms with Gasteiger partial charge in [0.15, 0.2) is 9.84 Å². The maximum absolute atomic E-state index is 12.6. The van der Waals surface area contributed by atoms with Crippen LogP contribution in [-0.2, 0) is 14.6 Å². The SMILES string of the molecule is O=C(/C=C/S(=O)(=O)c1ccccc1)NCC(F)(F)CO. The Morgan fingerprint density at radius 1 is 1.30 bits per heavy atom. The van der Waals surface area contributed by atoms with Crippen molar-refractivity contribution >= 4 is 15.7 Å². The number of hydrogen-bond donors (Lipinski definition) is 2. The summed E-state index contributed by atoms with van der Waals surface area (Å²) in [6.07, 6.45) is 0.649. The molecule has 1 aromatic carbocycles. The van der Waals surface area contributed by atoms with Crippen LogP contribution in [0, 0.1) is 0 Å². The van der Waals surface area contributed by atoms with Gasteiger partial charge in [0.2, 0.25) is 5.91 Å². The maximum Gasteiger partial charge on any atom is 0.287 e. The van der Waals surface area contributed by atoms with Crippen molar-refractivity contribution < 1.29 is 27.1 Å². The first kappa shape index (κ1) is 16.3. The van der Waals surface area contributed by atoms with Crippen LogP contribution in [0.5, 0.6) is 0 Å². The zero-order valence-electron chi connectivity index (χ0n) is 10.3. The van der Waals surface area contributed by atoms with E-state index in [1.165, 1.54) is 24.3 Å². The zero-order chi connectivity index (χ0) is 15.2. The van der Waals surface area contributed by atoms with Crippen molar-refractivity contribution in [2.75, 3.05) is 13.2 Å². The van der Waals surface area contributed by atoms with E-state index >= 15 is 0 Å². The van der Waals surface area contributed by atoms with E-state index in [0.29, 0.717) is 11.5 Å². The van der Waals surface area contributed by atoms with Gasteiger partial charge in [0.1, 0.15) is 6.61 Å². The highest BCUT2D eigenvalue weighted by molar-refractivity contribution is 7.94. The lowest BCUT2D eigenvalue weighted by molar-refractivity contribution is -0.119. The number of carbonyl (C=O) groups excluding carboxylic acids is 1. The summed E-state index contributed by atoms with van der Waals surface area (Å²) < 4.78 is 48.8. The van der Waals surface area contributed by atoms with Crippen LogP contribution >= 0.6 is 0 Å². The molecule has 0 aromatic heterocycles. The largest absolute Gasteiger partial charge is 0.390 e. The number of halogens is 2. The number of alkyl halides is 2. The van der Waals surface area contributed by atoms with E-state index in [2.05, 4.69) is 0 Å². The lowest BCUT2D eigenvalue weighted by Gasteiger charge is -2.12. The predicted octanol–water partition coefficient (Wildman–Crippen LogP) is 0.718. The lowest BCUT2D eigenvalue weighted by atomic mass is 10.3. The zero-order valence-corrected chi connectivity index (χ0v) is 11.1. The van der Waals surface area contributed by atoms with Crippen LogP contribution in [0.4, 0.5) is 8.78 Å². The summed E-state index contributed by atoms with van der Waals surface area (Å²) in [6, 6.07) is 7.35. The third-order valence-corrected chi connectivity index (χ3v) is 3.65. The van der Waals surface area contributed by atoms with Gasteiger partial charge in [0.25, 0.3) is 5.92 Å². The molecular weight excluding hydrogens is 292 g/mol. The van der Waals surface area contributed by atoms with Crippen molar-refractivity contribution in [2.45, 2.75) is 10.8 Å². The highest BCUT2D eigenvalue weighted by Crippen LogP contribution is 2.11. The Morgan fingerprint density at radius 2 is 1.90 bits per heavy atom. The summed E-state index contributed by atoms with van der Waals surface area (Å²) in [6.45, 7) is -2.47. The van der Waals surface area contributed by atoms with Crippen molar-refractivity contribution in [2.24, 2.45) is 0 Å². The molecule has 0 heterocycles. The first-order chi connectivity index (χ1) is 9.27. The molecule has 1 aromatic rings. The van der Waals surface area contributed by atoms with E-state index in [4.69, 9.17) is 5.11 Å². The van der Waals surface area contributed by atoms with Gasteiger partial charge in [0.05, 0.1) is 11.4 Å². The molecule has 0 radical (unpaired) electrons. The maximum atomic E-state index is 12.6. The average Bonchev–Trinajstić information content (AvgIpc) is 2.44. The third-order valence-electron chi connectivity index (χ3n) is 2.22. The van der Waals surface area contributed by atoms with E-state index in [1.807, 2.05) is 0 Å². The quantitative estimate of drug-likeness (QED) is 0.759. The lowest BCUT2D eigenvalue weighted by Crippen LogP contribution is -2.38. The number of amides is 1. The molecule has 20 heavy (non-hydrogen) atoms. The van der Waals surface area contributed by atoms with E-state index in [-0.39, 0.29) is 4.90 Å². The van der Waals surface area contributed by atoms with E-state index in [0.717, 1.165) is 0 Å². The van der Waals surface area contributed by atoms with Gasteiger partial charge < -0.3 is 10.4 Å². The molecule has 1 amide bonds. The molecule has 0 saturated heterocycles. The summed E-state index contributed by atoms with van der Waals surface area (Å²) in [5.41, 5.74) is 0. The van der Waals surface area contributed by atoms with Crippen molar-refractivity contribution in [1.82, 2.24) is 5.32 Å². The molecule has 0 spiro atoms. The second-order valence-corrected chi connectivity index (χ2v) is 5.73. The molecule has 0 unspecified atom stereocenters. The minimum Gasteiger partial charge on any atom is -0.390 e. The Kier molecular flexibility index (Phi) is 5.34. The number of nitrogens with one attached hydrogen (secondary N) is 1. The van der Waals surface area contributed by atoms with Crippen LogP contribution in [0.15, 0.2) is 46.7 Å². The molecule has 0 bridgehead atoms. The second kappa shape index (κ2) is 6.58. The predicted molar refractivity (Wildman–Crippen MR) is 67.8 cm³/mol. The Labute approximate surface area is 114 Å². The molecule has 5 nitrogen and oxygen atoms in total. The smallest absolute Gasteiger partial charge is 0.287 e. The minimum atomic E-state index is -3.79. The van der Waals surface area contributed by atoms with Crippen molar-refractivity contribution in [3.63, 3.8) is 0 Å². The summed E-state index contributed by atoms with van der Waals surface area (Å²) in [4.78, 5) is 11.2. The monoisotopic (exact) mass is 305 g/mol. The molecule has 8 heteroatoms. The number of aliphatic hydroxyl groups is 1. The molecule has 0 aliphatic carbocycles. The highest BCUT2D eigenvalue weighted by Gasteiger charge is 2.27. The average molecular weight is 305 g/mol. The topological polar surface area (TPSA) is 83.5 Å². The van der Waals surface area contributed by atoms with Crippen LogP contribution in [0.1, 0.15) is 0 Å². The van der Waals surface area contributed by atoms with Crippen molar-refractivity contribution in [3.8, 4) is 0 Å². The van der Waals surface area contributed by atoms with Crippen LogP contribution < -0.4 is 5.32 Å². The number of benzene rings is 1. The molecule has 0 aliphatic heterocycles. The number of rotatable bonds is 6. The van der Waals surface area contributed by atoms with Gasteiger partial charge in [-0.25, -0.2) is 17.2 Å². The highest BCUT2D eigenvalue weighted by atomic mass is 32.2. The molecule has 0 saturated carbocycles. The van der Waals surface area contributed by atoms with E-state index < -0.39 is 34.8 Å². The van der Waals surface area contributed by atoms with Gasteiger partial charge in [-0.1, -0.05) is 18.2 Å². The van der Waals surface area contributed by atoms with E-state index in [1.54, 1.807) is 11.4 Å². The molecule has 0 atom stereocenters. The fraction of sp³-hybridized carbons (Fsp3) is 0.250. The number of carbonyl (C=O) groups is 1. The molecule has 2 N–H and O–H groups in total. The van der Waals surface area contributed by atoms with Gasteiger partial charge >= 0.3 is 0 Å². The van der Waals surface area contributed by atoms with Crippen LogP contribution in [0.2, 0.25) is 0 Å². The second-order valence-electron chi connectivity index (χ2n) is 3.89. The normalized spacial score (nSPS) is 12.6. The summed E-state index contributed by atoms with van der Waals surface area (Å²) in [7, 11) is -3.79. The first-order valence-electron chi connectivity index (χ1n) is 5.51. The van der Waals surface area contributed by atoms with Gasteiger partial charge in [-0.05, 0) is 12.1 Å². The number of aliphatic hydroxyl groups excluding tert-OH is 1. The van der Waals surface area contributed by atoms with Gasteiger partial charge in [-0.15, -0.1) is 0 Å². The van der Waals surface area contributed by atoms with Gasteiger partial charge in [0, 0.05) is 11.5 Å². The van der Waals surface area contributed by atoms with Crippen molar-refractivity contribution in [1.29, 1.82) is 0 Å². The first-order valence-corrected chi connectivity index (χ1v) is 7.06. The Morgan fingerprint density at radius 3 is 2.45 bits per heavy atom. The van der Waals surface area contributed by atoms with E-state index in [9.17, 15) is 22.0 Å². The standard InChI is InChI=1S/C12H13F2NO4S/c13-12(14,9-16)8-15-11(17)6-7-20(18,19)10-4-2-1-3-5-10/h1-7,16H,8-9H2,(H,15,17)/b7-6+. The fourth-order valence-corrected chi connectivity index (χ4v) is 2.17. The molecular formula is C12H13F2NO4S. The van der Waals surface area contributed by atoms with Crippen LogP contribution in [0.3, 0.4) is 0 Å². The summed E-state index contributed by atoms with van der Waals surface area (Å²) >= 11 is 0. The number of sulfone groups is 1. The Hall–Kier alpha value is -1.80. The van der Waals surface area contributed by atoms with Crippen LogP contribution in [0.25, 0.3) is 0 Å². The summed E-state index contributed by atoms with van der Waals surface area (Å²) in [5, 5.41) is 10.7. The third kappa shape index (κ3) is 5.06. The van der Waals surface area contributed by atoms with Gasteiger partial charge in [-0.2, -0.15) is 0 Å². The minimum absolute atomic E-state index is 0.00950. The molecule has 1 rings (SSSR count). The van der Waals surface area contributed by atoms with Crippen molar-refractivity contribution in [3.05, 3.63) is 41.8 Å². The Bertz CT molecular complexity index is 585. The van der Waals surface area contributed by atoms with Crippen LogP contribution in [-0.4, -0.2) is 38.5 Å². The Balaban J connectivity index is 2.66. The molecule has 0 fully saturated rings. The molecule has 110 valence electrons. The van der Waals surface area contributed by atoms with Gasteiger partial charge in [-0.3, -0.25) is 4.79 Å². The fourth-order valence-electron chi connectivity index (χ4n) is 1.17. The summed E-state index contributed by atoms with van der Waals surface area (Å²) in [5.74, 6) is -4.43. The molecule has 0 aliphatic rings. The number of hydrogen-bond acceptors (Lipinski definition) is 4.